The van der Waals surface area contributed by atoms with E-state index in [1.165, 1.54) is 64.2 Å². The molecule has 73 heavy (non-hydrogen) atoms. The Morgan fingerprint density at radius 2 is 0.836 bits per heavy atom. The molecule has 3 unspecified atom stereocenters. The van der Waals surface area contributed by atoms with Crippen LogP contribution >= 0.6 is 7.82 Å². The number of rotatable bonds is 50. The average molecular weight is 1030 g/mol. The maximum absolute atomic E-state index is 13.0. The Morgan fingerprint density at radius 3 is 1.26 bits per heavy atom. The summed E-state index contributed by atoms with van der Waals surface area (Å²) < 4.78 is 23.6. The highest BCUT2D eigenvalue weighted by atomic mass is 31.2. The van der Waals surface area contributed by atoms with Gasteiger partial charge in [0.05, 0.1) is 39.9 Å². The molecular formula is C64H108N2O6P+. The van der Waals surface area contributed by atoms with Gasteiger partial charge >= 0.3 is 7.82 Å². The molecule has 0 spiro atoms. The largest absolute Gasteiger partial charge is 0.472 e. The summed E-state index contributed by atoms with van der Waals surface area (Å²) in [5.41, 5.74) is 0. The maximum Gasteiger partial charge on any atom is 0.472 e. The number of carbonyl (C=O) groups is 1. The van der Waals surface area contributed by atoms with Crippen LogP contribution in [-0.4, -0.2) is 73.4 Å². The lowest BCUT2D eigenvalue weighted by molar-refractivity contribution is -0.870. The Kier molecular flexibility index (Phi) is 50.6. The van der Waals surface area contributed by atoms with Gasteiger partial charge in [0.1, 0.15) is 13.2 Å². The molecule has 0 bridgehead atoms. The zero-order valence-corrected chi connectivity index (χ0v) is 48.0. The fourth-order valence-corrected chi connectivity index (χ4v) is 8.05. The van der Waals surface area contributed by atoms with Crippen molar-refractivity contribution in [1.29, 1.82) is 0 Å². The summed E-state index contributed by atoms with van der Waals surface area (Å²) in [6.07, 6.45) is 82.3. The number of carbonyl (C=O) groups excluding carboxylic acids is 1. The molecule has 3 atom stereocenters. The zero-order valence-electron chi connectivity index (χ0n) is 47.1. The molecule has 0 saturated heterocycles. The van der Waals surface area contributed by atoms with Crippen molar-refractivity contribution in [1.82, 2.24) is 5.32 Å². The first-order valence-electron chi connectivity index (χ1n) is 28.7. The molecule has 0 aromatic carbocycles. The lowest BCUT2D eigenvalue weighted by atomic mass is 10.1. The average Bonchev–Trinajstić information content (AvgIpc) is 3.35. The third-order valence-electron chi connectivity index (χ3n) is 11.8. The monoisotopic (exact) mass is 1030 g/mol. The molecule has 0 fully saturated rings. The van der Waals surface area contributed by atoms with Crippen LogP contribution in [0, 0.1) is 0 Å². The molecular weight excluding hydrogens is 924 g/mol. The van der Waals surface area contributed by atoms with Crippen LogP contribution in [0.1, 0.15) is 200 Å². The molecule has 0 rings (SSSR count). The van der Waals surface area contributed by atoms with Gasteiger partial charge in [-0.05, 0) is 109 Å². The number of amides is 1. The molecule has 0 radical (unpaired) electrons. The second kappa shape index (κ2) is 53.2. The van der Waals surface area contributed by atoms with E-state index in [1.807, 2.05) is 27.2 Å². The summed E-state index contributed by atoms with van der Waals surface area (Å²) in [5, 5.41) is 13.9. The summed E-state index contributed by atoms with van der Waals surface area (Å²) in [4.78, 5) is 23.3. The number of likely N-dealkylation sites (N-methyl/N-ethyl adjacent to an activating group) is 1. The molecule has 0 heterocycles. The summed E-state index contributed by atoms with van der Waals surface area (Å²) in [7, 11) is 1.51. The van der Waals surface area contributed by atoms with Crippen LogP contribution in [-0.2, 0) is 18.4 Å². The van der Waals surface area contributed by atoms with E-state index in [4.69, 9.17) is 9.05 Å². The van der Waals surface area contributed by atoms with Gasteiger partial charge in [-0.3, -0.25) is 13.8 Å². The van der Waals surface area contributed by atoms with Crippen LogP contribution in [0.15, 0.2) is 146 Å². The fraction of sp³-hybridized carbons (Fsp3) is 0.609. The molecule has 414 valence electrons. The summed E-state index contributed by atoms with van der Waals surface area (Å²) in [6, 6.07) is -0.888. The first-order chi connectivity index (χ1) is 35.5. The van der Waals surface area contributed by atoms with Gasteiger partial charge in [0.25, 0.3) is 0 Å². The maximum atomic E-state index is 13.0. The van der Waals surface area contributed by atoms with E-state index in [2.05, 4.69) is 153 Å². The molecule has 0 aliphatic carbocycles. The van der Waals surface area contributed by atoms with Gasteiger partial charge in [-0.1, -0.05) is 230 Å². The van der Waals surface area contributed by atoms with Gasteiger partial charge in [0.15, 0.2) is 0 Å². The number of aliphatic hydroxyl groups excluding tert-OH is 1. The Bertz CT molecular complexity index is 1690. The van der Waals surface area contributed by atoms with E-state index < -0.39 is 20.0 Å². The minimum Gasteiger partial charge on any atom is -0.387 e. The van der Waals surface area contributed by atoms with Crippen LogP contribution in [0.5, 0.6) is 0 Å². The van der Waals surface area contributed by atoms with Crippen molar-refractivity contribution in [2.45, 2.75) is 212 Å². The lowest BCUT2D eigenvalue weighted by Crippen LogP contribution is -2.45. The minimum atomic E-state index is -4.37. The SMILES string of the molecule is CC/C=C\C/C=C\C/C=C\C/C=C\C/C=C\C/C=C\C/C=C\C/C=C\C/C=C\C/C=C\CCCCCCC(=O)NC(COP(=O)(O)OCC[N+](C)(C)C)C(O)/C=C/CC/C=C/CCCCCCCCCCCC. The second-order valence-electron chi connectivity index (χ2n) is 19.9. The number of allylic oxidation sites excluding steroid dienone is 23. The highest BCUT2D eigenvalue weighted by Gasteiger charge is 2.27. The van der Waals surface area contributed by atoms with Crippen molar-refractivity contribution in [3.8, 4) is 0 Å². The molecule has 3 N–H and O–H groups in total. The molecule has 1 amide bonds. The van der Waals surface area contributed by atoms with Crippen LogP contribution in [0.3, 0.4) is 0 Å². The van der Waals surface area contributed by atoms with Crippen LogP contribution in [0.25, 0.3) is 0 Å². The number of unbranched alkanes of at least 4 members (excludes halogenated alkanes) is 15. The number of phosphoric acid groups is 1. The molecule has 0 saturated carbocycles. The van der Waals surface area contributed by atoms with E-state index in [1.54, 1.807) is 6.08 Å². The fourth-order valence-electron chi connectivity index (χ4n) is 7.32. The third kappa shape index (κ3) is 56.0. The lowest BCUT2D eigenvalue weighted by Gasteiger charge is -2.25. The number of phosphoric ester groups is 1. The first kappa shape index (κ1) is 69.4. The molecule has 9 heteroatoms. The van der Waals surface area contributed by atoms with Gasteiger partial charge in [-0.25, -0.2) is 4.57 Å². The highest BCUT2D eigenvalue weighted by Crippen LogP contribution is 2.43. The van der Waals surface area contributed by atoms with E-state index in [-0.39, 0.29) is 19.1 Å². The van der Waals surface area contributed by atoms with Gasteiger partial charge in [0, 0.05) is 6.42 Å². The first-order valence-corrected chi connectivity index (χ1v) is 30.2. The number of nitrogens with zero attached hydrogens (tertiary/aromatic N) is 1. The van der Waals surface area contributed by atoms with E-state index in [9.17, 15) is 19.4 Å². The van der Waals surface area contributed by atoms with Gasteiger partial charge in [-0.15, -0.1) is 0 Å². The normalized spacial score (nSPS) is 15.0. The number of aliphatic hydroxyl groups is 1. The second-order valence-corrected chi connectivity index (χ2v) is 21.4. The highest BCUT2D eigenvalue weighted by molar-refractivity contribution is 7.47. The molecule has 0 aromatic rings. The standard InChI is InChI=1S/C64H107N2O6P/c1-6-8-10-12-14-16-18-20-22-24-25-26-27-28-29-30-31-32-33-34-35-36-37-38-39-40-41-42-44-46-48-50-52-54-56-58-64(68)65-62(61-72-73(69,70)71-60-59-66(3,4)5)63(67)57-55-53-51-49-47-45-43-23-21-19-17-15-13-11-9-7-2/h8,10,14,16,20,22,25-26,28-29,31-32,34-35,37-38,40-41,44,46-47,49,55,57,62-63,67H,6-7,9,11-13,15,17-19,21,23-24,27,30,33,36,39,42-43,45,48,50-54,56,58-61H2,1-5H3,(H-,65,68,69,70)/p+1/b10-8-,16-14-,22-20-,26-25-,29-28-,32-31-,35-34-,38-37-,41-40-,46-44-,49-47+,57-55+. The van der Waals surface area contributed by atoms with Crippen molar-refractivity contribution >= 4 is 13.7 Å². The van der Waals surface area contributed by atoms with Crippen molar-refractivity contribution in [3.05, 3.63) is 146 Å². The molecule has 0 aliphatic heterocycles. The van der Waals surface area contributed by atoms with E-state index in [0.29, 0.717) is 17.4 Å². The Balaban J connectivity index is 4.31. The summed E-state index contributed by atoms with van der Waals surface area (Å²) in [6.45, 7) is 4.63. The van der Waals surface area contributed by atoms with Gasteiger partial charge in [0.2, 0.25) is 5.91 Å². The topological polar surface area (TPSA) is 105 Å². The Hall–Kier alpha value is -3.62. The minimum absolute atomic E-state index is 0.0426. The molecule has 8 nitrogen and oxygen atoms in total. The van der Waals surface area contributed by atoms with Crippen molar-refractivity contribution in [2.24, 2.45) is 0 Å². The van der Waals surface area contributed by atoms with Crippen molar-refractivity contribution < 1.29 is 32.9 Å². The van der Waals surface area contributed by atoms with Crippen LogP contribution in [0.4, 0.5) is 0 Å². The predicted octanol–water partition coefficient (Wildman–Crippen LogP) is 17.7. The van der Waals surface area contributed by atoms with Crippen molar-refractivity contribution in [3.63, 3.8) is 0 Å². The number of hydrogen-bond acceptors (Lipinski definition) is 5. The predicted molar refractivity (Wildman–Crippen MR) is 317 cm³/mol. The van der Waals surface area contributed by atoms with Gasteiger partial charge in [-0.2, -0.15) is 0 Å². The number of nitrogens with one attached hydrogen (secondary N) is 1. The summed E-state index contributed by atoms with van der Waals surface area (Å²) >= 11 is 0. The zero-order chi connectivity index (χ0) is 53.5. The Labute approximate surface area is 449 Å². The molecule has 0 aliphatic rings. The summed E-state index contributed by atoms with van der Waals surface area (Å²) in [5.74, 6) is -0.218. The molecule has 0 aromatic heterocycles. The van der Waals surface area contributed by atoms with E-state index >= 15 is 0 Å². The number of quaternary nitrogens is 1. The number of hydrogen-bond donors (Lipinski definition) is 3. The quantitative estimate of drug-likeness (QED) is 0.0243. The van der Waals surface area contributed by atoms with Gasteiger partial charge < -0.3 is 19.8 Å². The third-order valence-corrected chi connectivity index (χ3v) is 12.8. The van der Waals surface area contributed by atoms with Crippen LogP contribution < -0.4 is 5.32 Å². The smallest absolute Gasteiger partial charge is 0.387 e. The van der Waals surface area contributed by atoms with Crippen LogP contribution in [0.2, 0.25) is 0 Å². The Morgan fingerprint density at radius 1 is 0.479 bits per heavy atom. The van der Waals surface area contributed by atoms with Crippen molar-refractivity contribution in [2.75, 3.05) is 40.9 Å². The van der Waals surface area contributed by atoms with E-state index in [0.717, 1.165) is 116 Å².